The maximum Gasteiger partial charge on any atom is 0.268 e. The van der Waals surface area contributed by atoms with Gasteiger partial charge in [-0.15, -0.1) is 22.6 Å². The molecule has 6 aromatic heterocycles. The fourth-order valence-electron chi connectivity index (χ4n) is 12.5. The number of halogens is 2. The third-order valence-electron chi connectivity index (χ3n) is 17.9. The molecule has 0 radical (unpaired) electrons. The number of carbonyl (C=O) groups excluding carboxylic acids is 2. The number of nitrogens with one attached hydrogen (secondary N) is 3. The van der Waals surface area contributed by atoms with Gasteiger partial charge in [-0.2, -0.15) is 10.2 Å². The van der Waals surface area contributed by atoms with Crippen LogP contribution in [0.3, 0.4) is 0 Å². The van der Waals surface area contributed by atoms with Crippen molar-refractivity contribution in [3.05, 3.63) is 94.5 Å². The van der Waals surface area contributed by atoms with Crippen molar-refractivity contribution in [2.24, 2.45) is 31.3 Å². The molecule has 0 spiro atoms. The first kappa shape index (κ1) is 68.1. The summed E-state index contributed by atoms with van der Waals surface area (Å²) in [6.45, 7) is 33.5. The molecule has 21 nitrogen and oxygen atoms in total. The largest absolute Gasteiger partial charge is 0.477 e. The molecular weight excluding hydrogens is 1210 g/mol. The van der Waals surface area contributed by atoms with Crippen LogP contribution in [0.1, 0.15) is 143 Å². The van der Waals surface area contributed by atoms with E-state index in [2.05, 4.69) is 116 Å². The van der Waals surface area contributed by atoms with Crippen molar-refractivity contribution < 1.29 is 35.9 Å². The molecule has 10 rings (SSSR count). The molecule has 3 saturated carbocycles. The lowest BCUT2D eigenvalue weighted by Gasteiger charge is -2.28. The van der Waals surface area contributed by atoms with Crippen molar-refractivity contribution in [1.82, 2.24) is 63.9 Å². The summed E-state index contributed by atoms with van der Waals surface area (Å²) in [4.78, 5) is 35.2. The summed E-state index contributed by atoms with van der Waals surface area (Å²) in [5, 5.41) is 21.4. The van der Waals surface area contributed by atoms with Crippen molar-refractivity contribution >= 4 is 72.0 Å². The second-order valence-corrected chi connectivity index (χ2v) is 42.4. The van der Waals surface area contributed by atoms with E-state index in [1.165, 1.54) is 77.2 Å². The Morgan fingerprint density at radius 3 is 1.45 bits per heavy atom. The van der Waals surface area contributed by atoms with Gasteiger partial charge in [-0.25, -0.2) is 45.6 Å². The highest BCUT2D eigenvalue weighted by molar-refractivity contribution is 7.90. The average Bonchev–Trinajstić information content (AvgIpc) is 2.21. The number of hydrogen-bond acceptors (Lipinski definition) is 15. The highest BCUT2D eigenvalue weighted by Crippen LogP contribution is 2.64. The van der Waals surface area contributed by atoms with Crippen LogP contribution in [-0.4, -0.2) is 119 Å². The summed E-state index contributed by atoms with van der Waals surface area (Å²) in [6, 6.07) is 9.87. The van der Waals surface area contributed by atoms with E-state index in [4.69, 9.17) is 26.1 Å². The Balaban J connectivity index is 0.000000218. The Kier molecular flexibility index (Phi) is 20.2. The topological polar surface area (TPSA) is 254 Å². The maximum absolute atomic E-state index is 13.6. The zero-order chi connectivity index (χ0) is 62.5. The summed E-state index contributed by atoms with van der Waals surface area (Å²) >= 11 is 6.22. The number of pyridine rings is 2. The second kappa shape index (κ2) is 25.6. The molecular formula is C59H89Cl2N13O8S2Si2. The molecule has 1 aliphatic heterocycles. The molecule has 3 atom stereocenters. The van der Waals surface area contributed by atoms with E-state index in [1.807, 2.05) is 17.0 Å². The Morgan fingerprint density at radius 2 is 1.10 bits per heavy atom. The number of aryl methyl sites for hydroxylation is 4. The summed E-state index contributed by atoms with van der Waals surface area (Å²) in [5.41, 5.74) is 1.65. The monoisotopic (exact) mass is 1300 g/mol. The number of ether oxygens (including phenoxy) is 2. The van der Waals surface area contributed by atoms with Gasteiger partial charge in [0.1, 0.15) is 14.9 Å². The summed E-state index contributed by atoms with van der Waals surface area (Å²) in [5.74, 6) is 1.65. The molecule has 3 aliphatic carbocycles. The Morgan fingerprint density at radius 1 is 0.663 bits per heavy atom. The Bertz CT molecular complexity index is 3650. The molecule has 1 saturated heterocycles. The van der Waals surface area contributed by atoms with Gasteiger partial charge in [0.25, 0.3) is 31.9 Å². The standard InChI is InChI=1S/C30H44N6O4SSi.C22H29ClN6O4SSi.C7H15N.ClH/c1-20-17-23(29(3,4)18-20)27-22(28(37)34-41(38,39)24-19-35(5)32-21(24)2)9-10-25(31-27)36-15-11-26(33-36)40-16-14-30(12-13-30)42(6,7)8;1-15-17(14-28(2)25-15)34(31,32)27-21(30)16-6-7-18(24-20(16)23)29-12-8-19(26-29)33-13-11-22(9-10-22)35(3,4)5;1-6-4-7(2,3)8-5-6;/h9-11,15,19-20,23H,12-14,16-18H2,1-8H3,(H,34,37);6-8,12,14H,9-11,13H2,1-5H3,(H,27,30);6,8H,4-5H2,1-3H3;1H/t20-,23?;;6-;/m1.0./s1. The van der Waals surface area contributed by atoms with E-state index in [9.17, 15) is 26.4 Å². The fraction of sp³-hybridized carbons (Fsp3) is 0.593. The van der Waals surface area contributed by atoms with Gasteiger partial charge in [0.05, 0.1) is 57.6 Å². The normalized spacial score (nSPS) is 19.9. The zero-order valence-electron chi connectivity index (χ0n) is 52.8. The first-order valence-electron chi connectivity index (χ1n) is 29.4. The second-order valence-electron chi connectivity index (χ2n) is 27.6. The number of rotatable bonds is 19. The Hall–Kier alpha value is -5.45. The first-order valence-corrected chi connectivity index (χ1v) is 39.7. The number of hydrogen-bond donors (Lipinski definition) is 3. The van der Waals surface area contributed by atoms with Crippen molar-refractivity contribution in [1.29, 1.82) is 0 Å². The van der Waals surface area contributed by atoms with E-state index in [0.29, 0.717) is 69.5 Å². The van der Waals surface area contributed by atoms with E-state index in [-0.39, 0.29) is 55.5 Å². The van der Waals surface area contributed by atoms with Crippen LogP contribution in [-0.2, 0) is 34.1 Å². The molecule has 6 aromatic rings. The molecule has 2 amide bonds. The minimum absolute atomic E-state index is 0. The predicted molar refractivity (Wildman–Crippen MR) is 342 cm³/mol. The van der Waals surface area contributed by atoms with Crippen LogP contribution < -0.4 is 24.2 Å². The summed E-state index contributed by atoms with van der Waals surface area (Å²) in [7, 11) is -7.47. The van der Waals surface area contributed by atoms with Crippen molar-refractivity contribution in [2.75, 3.05) is 19.8 Å². The van der Waals surface area contributed by atoms with E-state index < -0.39 is 48.0 Å². The third kappa shape index (κ3) is 15.9. The molecule has 86 heavy (non-hydrogen) atoms. The lowest BCUT2D eigenvalue weighted by Crippen LogP contribution is -2.33. The van der Waals surface area contributed by atoms with Gasteiger partial charge in [0, 0.05) is 62.5 Å². The smallest absolute Gasteiger partial charge is 0.268 e. The number of carbonyl (C=O) groups is 2. The van der Waals surface area contributed by atoms with Gasteiger partial charge < -0.3 is 14.8 Å². The summed E-state index contributed by atoms with van der Waals surface area (Å²) < 4.78 is 73.5. The van der Waals surface area contributed by atoms with Gasteiger partial charge in [-0.3, -0.25) is 19.0 Å². The molecule has 3 N–H and O–H groups in total. The molecule has 4 aliphatic rings. The van der Waals surface area contributed by atoms with Crippen molar-refractivity contribution in [3.8, 4) is 23.4 Å². The van der Waals surface area contributed by atoms with Crippen LogP contribution in [0, 0.1) is 31.1 Å². The first-order chi connectivity index (χ1) is 39.4. The number of nitrogens with zero attached hydrogens (tertiary/aromatic N) is 10. The number of sulfonamides is 2. The van der Waals surface area contributed by atoms with E-state index >= 15 is 0 Å². The van der Waals surface area contributed by atoms with Crippen molar-refractivity contribution in [3.63, 3.8) is 0 Å². The fourth-order valence-corrected chi connectivity index (χ4v) is 20.0. The van der Waals surface area contributed by atoms with Crippen molar-refractivity contribution in [2.45, 2.75) is 184 Å². The Labute approximate surface area is 521 Å². The number of amides is 2. The van der Waals surface area contributed by atoms with Crippen LogP contribution in [0.2, 0.25) is 54.5 Å². The van der Waals surface area contributed by atoms with Gasteiger partial charge in [-0.1, -0.05) is 78.6 Å². The van der Waals surface area contributed by atoms with Crippen LogP contribution in [0.5, 0.6) is 11.8 Å². The quantitative estimate of drug-likeness (QED) is 0.0503. The van der Waals surface area contributed by atoms with Crippen LogP contribution in [0.15, 0.2) is 71.0 Å². The lowest BCUT2D eigenvalue weighted by atomic mass is 9.78. The van der Waals surface area contributed by atoms with Gasteiger partial charge >= 0.3 is 0 Å². The van der Waals surface area contributed by atoms with Gasteiger partial charge in [-0.05, 0) is 144 Å². The molecule has 7 heterocycles. The molecule has 1 unspecified atom stereocenters. The lowest BCUT2D eigenvalue weighted by molar-refractivity contribution is 0.0970. The van der Waals surface area contributed by atoms with E-state index in [1.54, 1.807) is 57.0 Å². The van der Waals surface area contributed by atoms with E-state index in [0.717, 1.165) is 31.6 Å². The van der Waals surface area contributed by atoms with Crippen LogP contribution >= 0.6 is 24.0 Å². The molecule has 27 heteroatoms. The highest BCUT2D eigenvalue weighted by atomic mass is 35.5. The van der Waals surface area contributed by atoms with Gasteiger partial charge in [0.2, 0.25) is 11.8 Å². The zero-order valence-corrected chi connectivity index (χ0v) is 58.0. The molecule has 0 bridgehead atoms. The molecule has 472 valence electrons. The predicted octanol–water partition coefficient (Wildman–Crippen LogP) is 11.1. The summed E-state index contributed by atoms with van der Waals surface area (Å²) in [6.07, 6.45) is 16.6. The third-order valence-corrected chi connectivity index (χ3v) is 28.9. The minimum Gasteiger partial charge on any atom is -0.477 e. The van der Waals surface area contributed by atoms with Crippen LogP contribution in [0.4, 0.5) is 0 Å². The molecule has 4 fully saturated rings. The number of aromatic nitrogens is 10. The SMILES string of the molecule is C[C@@H]1CNC(C)(C)C1.Cc1nn(C)cc1S(=O)(=O)NC(=O)c1ccc(-n2ccc(OCCC3([Si](C)(C)C)CC3)n2)nc1C1C[C@@H](C)CC1(C)C.Cc1nn(C)cc1S(=O)(=O)NC(=O)c1ccc(-n2ccc(OCCC3([Si](C)(C)C)CC3)n2)nc1Cl.Cl. The average molecular weight is 1300 g/mol. The van der Waals surface area contributed by atoms with Crippen LogP contribution in [0.25, 0.3) is 11.6 Å². The maximum atomic E-state index is 13.6. The minimum atomic E-state index is -4.12. The van der Waals surface area contributed by atoms with Gasteiger partial charge in [0.15, 0.2) is 11.6 Å². The highest BCUT2D eigenvalue weighted by Gasteiger charge is 2.53. The molecule has 0 aromatic carbocycles.